The summed E-state index contributed by atoms with van der Waals surface area (Å²) >= 11 is 0. The highest BCUT2D eigenvalue weighted by Crippen LogP contribution is 2.24. The molecule has 32 heavy (non-hydrogen) atoms. The highest BCUT2D eigenvalue weighted by Gasteiger charge is 2.22. The molecule has 1 amide bonds. The van der Waals surface area contributed by atoms with Gasteiger partial charge in [-0.1, -0.05) is 29.8 Å². The summed E-state index contributed by atoms with van der Waals surface area (Å²) in [5.74, 6) is -0.547. The van der Waals surface area contributed by atoms with Gasteiger partial charge in [0, 0.05) is 24.6 Å². The van der Waals surface area contributed by atoms with Crippen LogP contribution in [0, 0.1) is 13.8 Å². The lowest BCUT2D eigenvalue weighted by Crippen LogP contribution is -2.26. The molecule has 0 heterocycles. The Morgan fingerprint density at radius 1 is 0.844 bits per heavy atom. The molecule has 0 aliphatic heterocycles. The second kappa shape index (κ2) is 8.76. The minimum Gasteiger partial charge on any atom is -0.322 e. The van der Waals surface area contributed by atoms with Crippen molar-refractivity contribution in [3.8, 4) is 0 Å². The van der Waals surface area contributed by atoms with Crippen LogP contribution in [0.4, 0.5) is 11.4 Å². The number of hydrogen-bond donors (Lipinski definition) is 1. The van der Waals surface area contributed by atoms with Crippen LogP contribution in [0.2, 0.25) is 0 Å². The van der Waals surface area contributed by atoms with Crippen molar-refractivity contribution in [3.05, 3.63) is 83.4 Å². The molecule has 0 saturated carbocycles. The lowest BCUT2D eigenvalue weighted by atomic mass is 10.1. The summed E-state index contributed by atoms with van der Waals surface area (Å²) in [5, 5.41) is 2.67. The van der Waals surface area contributed by atoms with Gasteiger partial charge >= 0.3 is 0 Å². The summed E-state index contributed by atoms with van der Waals surface area (Å²) in [4.78, 5) is 12.9. The van der Waals surface area contributed by atoms with E-state index >= 15 is 0 Å². The minimum atomic E-state index is -3.89. The van der Waals surface area contributed by atoms with Gasteiger partial charge in [-0.2, -0.15) is 0 Å². The van der Waals surface area contributed by atoms with E-state index in [1.807, 2.05) is 19.1 Å². The zero-order chi connectivity index (χ0) is 23.7. The van der Waals surface area contributed by atoms with E-state index in [1.165, 1.54) is 43.4 Å². The van der Waals surface area contributed by atoms with Gasteiger partial charge in [0.25, 0.3) is 15.9 Å². The molecule has 3 aromatic rings. The third-order valence-electron chi connectivity index (χ3n) is 5.04. The molecule has 0 saturated heterocycles. The number of sulfonamides is 1. The first-order valence-electron chi connectivity index (χ1n) is 9.67. The quantitative estimate of drug-likeness (QED) is 0.588. The maximum Gasteiger partial charge on any atom is 0.264 e. The highest BCUT2D eigenvalue weighted by molar-refractivity contribution is 7.92. The van der Waals surface area contributed by atoms with E-state index in [0.717, 1.165) is 16.1 Å². The Hall–Kier alpha value is -3.17. The molecule has 0 spiro atoms. The number of rotatable bonds is 6. The molecule has 9 heteroatoms. The van der Waals surface area contributed by atoms with Gasteiger partial charge in [-0.25, -0.2) is 16.8 Å². The van der Waals surface area contributed by atoms with Crippen molar-refractivity contribution in [1.82, 2.24) is 0 Å². The van der Waals surface area contributed by atoms with Gasteiger partial charge in [0.1, 0.15) is 0 Å². The average Bonchev–Trinajstić information content (AvgIpc) is 2.74. The first-order chi connectivity index (χ1) is 14.9. The SMILES string of the molecule is Cc1ccc(N(C)S(=O)(=O)c2cccc(C(=O)Nc3cc(S(C)(=O)=O)ccc3C)c2)cc1. The maximum atomic E-state index is 13.1. The Kier molecular flexibility index (Phi) is 6.43. The molecule has 1 N–H and O–H groups in total. The zero-order valence-electron chi connectivity index (χ0n) is 18.2. The smallest absolute Gasteiger partial charge is 0.264 e. The molecule has 3 aromatic carbocycles. The number of nitrogens with one attached hydrogen (secondary N) is 1. The Morgan fingerprint density at radius 3 is 2.12 bits per heavy atom. The summed E-state index contributed by atoms with van der Waals surface area (Å²) in [5.41, 5.74) is 2.65. The topological polar surface area (TPSA) is 101 Å². The number of hydrogen-bond acceptors (Lipinski definition) is 5. The third-order valence-corrected chi connectivity index (χ3v) is 7.93. The second-order valence-electron chi connectivity index (χ2n) is 7.54. The number of aryl methyl sites for hydroxylation is 2. The third kappa shape index (κ3) is 5.00. The monoisotopic (exact) mass is 472 g/mol. The fraction of sp³-hybridized carbons (Fsp3) is 0.174. The first-order valence-corrected chi connectivity index (χ1v) is 13.0. The Morgan fingerprint density at radius 2 is 1.50 bits per heavy atom. The molecule has 0 bridgehead atoms. The van der Waals surface area contributed by atoms with Crippen LogP contribution in [0.25, 0.3) is 0 Å². The van der Waals surface area contributed by atoms with Gasteiger partial charge < -0.3 is 5.32 Å². The summed E-state index contributed by atoms with van der Waals surface area (Å²) in [6, 6.07) is 17.2. The van der Waals surface area contributed by atoms with Crippen LogP contribution in [0.15, 0.2) is 76.5 Å². The second-order valence-corrected chi connectivity index (χ2v) is 11.5. The van der Waals surface area contributed by atoms with E-state index in [2.05, 4.69) is 5.32 Å². The molecule has 0 radical (unpaired) electrons. The molecular weight excluding hydrogens is 448 g/mol. The number of sulfone groups is 1. The van der Waals surface area contributed by atoms with Crippen LogP contribution in [-0.4, -0.2) is 36.0 Å². The normalized spacial score (nSPS) is 11.8. The molecule has 0 unspecified atom stereocenters. The lowest BCUT2D eigenvalue weighted by Gasteiger charge is -2.20. The van der Waals surface area contributed by atoms with Crippen LogP contribution in [0.1, 0.15) is 21.5 Å². The molecular formula is C23H24N2O5S2. The number of carbonyl (C=O) groups is 1. The molecule has 3 rings (SSSR count). The van der Waals surface area contributed by atoms with Gasteiger partial charge in [-0.15, -0.1) is 0 Å². The average molecular weight is 473 g/mol. The number of benzene rings is 3. The van der Waals surface area contributed by atoms with Gasteiger partial charge in [0.2, 0.25) is 0 Å². The fourth-order valence-electron chi connectivity index (χ4n) is 3.01. The number of amides is 1. The molecule has 168 valence electrons. The molecule has 0 atom stereocenters. The predicted molar refractivity (Wildman–Crippen MR) is 125 cm³/mol. The number of anilines is 2. The van der Waals surface area contributed by atoms with Crippen molar-refractivity contribution in [2.75, 3.05) is 22.9 Å². The van der Waals surface area contributed by atoms with Crippen LogP contribution in [-0.2, 0) is 19.9 Å². The van der Waals surface area contributed by atoms with Gasteiger partial charge in [0.15, 0.2) is 9.84 Å². The fourth-order valence-corrected chi connectivity index (χ4v) is 4.90. The predicted octanol–water partition coefficient (Wildman–Crippen LogP) is 3.78. The zero-order valence-corrected chi connectivity index (χ0v) is 19.8. The van der Waals surface area contributed by atoms with Crippen molar-refractivity contribution in [1.29, 1.82) is 0 Å². The Balaban J connectivity index is 1.90. The first kappa shape index (κ1) is 23.5. The standard InChI is InChI=1S/C23H24N2O5S2/c1-16-8-11-19(12-9-16)25(3)32(29,30)21-7-5-6-18(14-21)23(26)24-22-15-20(31(4,27)28)13-10-17(22)2/h5-15H,1-4H3,(H,24,26). The van der Waals surface area contributed by atoms with Crippen molar-refractivity contribution in [2.24, 2.45) is 0 Å². The Bertz CT molecular complexity index is 1380. The number of carbonyl (C=O) groups excluding carboxylic acids is 1. The molecule has 7 nitrogen and oxygen atoms in total. The van der Waals surface area contributed by atoms with Gasteiger partial charge in [-0.3, -0.25) is 9.10 Å². The number of nitrogens with zero attached hydrogens (tertiary/aromatic N) is 1. The summed E-state index contributed by atoms with van der Waals surface area (Å²) in [7, 11) is -5.89. The van der Waals surface area contributed by atoms with Crippen LogP contribution in [0.3, 0.4) is 0 Å². The van der Waals surface area contributed by atoms with Crippen LogP contribution < -0.4 is 9.62 Å². The Labute approximate surface area is 188 Å². The highest BCUT2D eigenvalue weighted by atomic mass is 32.2. The van der Waals surface area contributed by atoms with Crippen LogP contribution >= 0.6 is 0 Å². The summed E-state index contributed by atoms with van der Waals surface area (Å²) in [6.07, 6.45) is 1.09. The summed E-state index contributed by atoms with van der Waals surface area (Å²) < 4.78 is 51.0. The van der Waals surface area contributed by atoms with Crippen molar-refractivity contribution in [2.45, 2.75) is 23.6 Å². The van der Waals surface area contributed by atoms with E-state index in [4.69, 9.17) is 0 Å². The van der Waals surface area contributed by atoms with E-state index < -0.39 is 25.8 Å². The van der Waals surface area contributed by atoms with Crippen LogP contribution in [0.5, 0.6) is 0 Å². The maximum absolute atomic E-state index is 13.1. The van der Waals surface area contributed by atoms with Gasteiger partial charge in [-0.05, 0) is 61.9 Å². The van der Waals surface area contributed by atoms with E-state index in [-0.39, 0.29) is 15.4 Å². The lowest BCUT2D eigenvalue weighted by molar-refractivity contribution is 0.102. The van der Waals surface area contributed by atoms with Gasteiger partial charge in [0.05, 0.1) is 15.5 Å². The van der Waals surface area contributed by atoms with Crippen molar-refractivity contribution < 1.29 is 21.6 Å². The molecule has 0 aliphatic carbocycles. The van der Waals surface area contributed by atoms with E-state index in [0.29, 0.717) is 16.9 Å². The molecule has 0 fully saturated rings. The summed E-state index contributed by atoms with van der Waals surface area (Å²) in [6.45, 7) is 3.65. The minimum absolute atomic E-state index is 0.0326. The van der Waals surface area contributed by atoms with E-state index in [9.17, 15) is 21.6 Å². The molecule has 0 aliphatic rings. The largest absolute Gasteiger partial charge is 0.322 e. The molecule has 0 aromatic heterocycles. The van der Waals surface area contributed by atoms with Crippen molar-refractivity contribution >= 4 is 37.1 Å². The van der Waals surface area contributed by atoms with E-state index in [1.54, 1.807) is 25.1 Å². The van der Waals surface area contributed by atoms with Crippen molar-refractivity contribution in [3.63, 3.8) is 0 Å².